The fourth-order valence-corrected chi connectivity index (χ4v) is 1.39. The highest BCUT2D eigenvalue weighted by Gasteiger charge is 2.50. The summed E-state index contributed by atoms with van der Waals surface area (Å²) < 4.78 is 1.52. The van der Waals surface area contributed by atoms with Crippen LogP contribution in [0.1, 0.15) is 27.7 Å². The monoisotopic (exact) mass is 176 g/mol. The third kappa shape index (κ3) is 1.12. The third-order valence-electron chi connectivity index (χ3n) is 1.96. The van der Waals surface area contributed by atoms with Crippen LogP contribution in [0.25, 0.3) is 0 Å². The van der Waals surface area contributed by atoms with Gasteiger partial charge in [-0.15, -0.1) is 0 Å². The summed E-state index contributed by atoms with van der Waals surface area (Å²) in [6.45, 7) is 7.33. The van der Waals surface area contributed by atoms with Crippen LogP contribution >= 0.6 is 11.8 Å². The summed E-state index contributed by atoms with van der Waals surface area (Å²) in [5.41, 5.74) is -1.05. The van der Waals surface area contributed by atoms with Gasteiger partial charge < -0.3 is 5.32 Å². The molecule has 1 saturated heterocycles. The molecule has 0 radical (unpaired) electrons. The minimum atomic E-state index is -0.606. The number of halogens is 1. The summed E-state index contributed by atoms with van der Waals surface area (Å²) in [7, 11) is 0. The lowest BCUT2D eigenvalue weighted by Crippen LogP contribution is -2.44. The van der Waals surface area contributed by atoms with Crippen molar-refractivity contribution >= 4 is 17.7 Å². The number of hydrogen-bond acceptors (Lipinski definition) is 2. The summed E-state index contributed by atoms with van der Waals surface area (Å²) in [4.78, 5) is 11.3. The summed E-state index contributed by atoms with van der Waals surface area (Å²) in [6.07, 6.45) is 0. The van der Waals surface area contributed by atoms with E-state index in [9.17, 15) is 4.79 Å². The van der Waals surface area contributed by atoms with Crippen LogP contribution in [0.2, 0.25) is 0 Å². The summed E-state index contributed by atoms with van der Waals surface area (Å²) in [5.74, 6) is -0.0301. The van der Waals surface area contributed by atoms with E-state index in [1.807, 2.05) is 13.8 Å². The highest BCUT2D eigenvalue weighted by molar-refractivity contribution is 6.17. The van der Waals surface area contributed by atoms with Gasteiger partial charge in [0.05, 0.1) is 0 Å². The molecule has 11 heavy (non-hydrogen) atoms. The fraction of sp³-hybridized carbons (Fsp3) is 0.857. The van der Waals surface area contributed by atoms with E-state index in [0.717, 1.165) is 0 Å². The number of nitrogens with one attached hydrogen (secondary N) is 1. The van der Waals surface area contributed by atoms with Gasteiger partial charge in [0.15, 0.2) is 0 Å². The Kier molecular flexibility index (Phi) is 1.69. The minimum absolute atomic E-state index is 0.0301. The van der Waals surface area contributed by atoms with Gasteiger partial charge >= 0.3 is 0 Å². The van der Waals surface area contributed by atoms with Crippen LogP contribution in [0.3, 0.4) is 0 Å². The second-order valence-corrected chi connectivity index (χ2v) is 4.19. The van der Waals surface area contributed by atoms with Crippen LogP contribution in [0, 0.1) is 0 Å². The molecule has 0 saturated carbocycles. The average molecular weight is 177 g/mol. The SMILES string of the molecule is CC1(C)NC(=O)C(C)(C)N1Cl. The number of amides is 1. The molecule has 0 bridgehead atoms. The number of carbonyl (C=O) groups excluding carboxylic acids is 1. The minimum Gasteiger partial charge on any atom is -0.336 e. The number of hydrogen-bond donors (Lipinski definition) is 1. The Balaban J connectivity index is 2.98. The predicted octanol–water partition coefficient (Wildman–Crippen LogP) is 1.09. The van der Waals surface area contributed by atoms with Crippen molar-refractivity contribution < 1.29 is 4.79 Å². The van der Waals surface area contributed by atoms with Gasteiger partial charge in [0.1, 0.15) is 11.2 Å². The predicted molar refractivity (Wildman–Crippen MR) is 44.0 cm³/mol. The van der Waals surface area contributed by atoms with Gasteiger partial charge in [-0.3, -0.25) is 4.79 Å². The number of nitrogens with zero attached hydrogens (tertiary/aromatic N) is 1. The van der Waals surface area contributed by atoms with E-state index >= 15 is 0 Å². The van der Waals surface area contributed by atoms with Crippen molar-refractivity contribution in [3.05, 3.63) is 0 Å². The lowest BCUT2D eigenvalue weighted by molar-refractivity contribution is -0.124. The molecule has 3 nitrogen and oxygen atoms in total. The van der Waals surface area contributed by atoms with Crippen LogP contribution in [-0.4, -0.2) is 21.5 Å². The lowest BCUT2D eigenvalue weighted by Gasteiger charge is -2.29. The molecule has 1 aliphatic heterocycles. The normalized spacial score (nSPS) is 28.6. The van der Waals surface area contributed by atoms with E-state index in [1.54, 1.807) is 13.8 Å². The van der Waals surface area contributed by atoms with Crippen molar-refractivity contribution in [1.82, 2.24) is 9.74 Å². The topological polar surface area (TPSA) is 32.3 Å². The van der Waals surface area contributed by atoms with Crippen molar-refractivity contribution in [2.45, 2.75) is 38.9 Å². The van der Waals surface area contributed by atoms with Crippen molar-refractivity contribution in [3.8, 4) is 0 Å². The Labute approximate surface area is 71.8 Å². The van der Waals surface area contributed by atoms with Gasteiger partial charge in [0.25, 0.3) is 0 Å². The zero-order valence-corrected chi connectivity index (χ0v) is 7.99. The van der Waals surface area contributed by atoms with Gasteiger partial charge in [-0.05, 0) is 39.5 Å². The Bertz CT molecular complexity index is 201. The van der Waals surface area contributed by atoms with Crippen molar-refractivity contribution in [2.75, 3.05) is 0 Å². The quantitative estimate of drug-likeness (QED) is 0.561. The fourth-order valence-electron chi connectivity index (χ4n) is 1.27. The van der Waals surface area contributed by atoms with Crippen LogP contribution in [0.15, 0.2) is 0 Å². The zero-order valence-electron chi connectivity index (χ0n) is 7.23. The maximum absolute atomic E-state index is 11.3. The Morgan fingerprint density at radius 2 is 1.82 bits per heavy atom. The highest BCUT2D eigenvalue weighted by Crippen LogP contribution is 2.32. The van der Waals surface area contributed by atoms with Gasteiger partial charge in [0.2, 0.25) is 5.91 Å². The van der Waals surface area contributed by atoms with Crippen LogP contribution < -0.4 is 5.32 Å². The van der Waals surface area contributed by atoms with E-state index < -0.39 is 11.2 Å². The lowest BCUT2D eigenvalue weighted by atomic mass is 10.1. The molecule has 1 fully saturated rings. The molecule has 0 aromatic heterocycles. The van der Waals surface area contributed by atoms with Crippen molar-refractivity contribution in [2.24, 2.45) is 0 Å². The van der Waals surface area contributed by atoms with Crippen LogP contribution in [-0.2, 0) is 4.79 Å². The van der Waals surface area contributed by atoms with E-state index in [1.165, 1.54) is 4.42 Å². The molecule has 0 atom stereocenters. The maximum Gasteiger partial charge on any atom is 0.242 e. The first-order valence-electron chi connectivity index (χ1n) is 3.57. The molecule has 1 aliphatic rings. The standard InChI is InChI=1S/C7H13ClN2O/c1-6(2)5(11)9-7(3,4)10(6)8/h1-4H3,(H,9,11). The van der Waals surface area contributed by atoms with Crippen molar-refractivity contribution in [1.29, 1.82) is 0 Å². The first-order valence-corrected chi connectivity index (χ1v) is 3.91. The van der Waals surface area contributed by atoms with Gasteiger partial charge in [-0.25, -0.2) is 0 Å². The Morgan fingerprint density at radius 1 is 1.36 bits per heavy atom. The first-order chi connectivity index (χ1) is 4.78. The molecule has 1 heterocycles. The highest BCUT2D eigenvalue weighted by atomic mass is 35.5. The molecule has 64 valence electrons. The van der Waals surface area contributed by atoms with E-state index in [4.69, 9.17) is 11.8 Å². The third-order valence-corrected chi connectivity index (χ3v) is 2.80. The molecule has 0 aliphatic carbocycles. The second-order valence-electron chi connectivity index (χ2n) is 3.85. The molecule has 0 aromatic carbocycles. The molecule has 1 amide bonds. The maximum atomic E-state index is 11.3. The molecule has 0 unspecified atom stereocenters. The van der Waals surface area contributed by atoms with E-state index in [-0.39, 0.29) is 5.91 Å². The Hall–Kier alpha value is -0.280. The largest absolute Gasteiger partial charge is 0.336 e. The molecular formula is C7H13ClN2O. The average Bonchev–Trinajstić information content (AvgIpc) is 1.94. The van der Waals surface area contributed by atoms with Crippen LogP contribution in [0.4, 0.5) is 0 Å². The van der Waals surface area contributed by atoms with Crippen LogP contribution in [0.5, 0.6) is 0 Å². The summed E-state index contributed by atoms with van der Waals surface area (Å²) in [6, 6.07) is 0. The zero-order chi connectivity index (χ0) is 8.86. The smallest absolute Gasteiger partial charge is 0.242 e. The molecule has 0 spiro atoms. The molecule has 1 N–H and O–H groups in total. The van der Waals surface area contributed by atoms with Gasteiger partial charge in [-0.1, -0.05) is 0 Å². The second kappa shape index (κ2) is 2.11. The van der Waals surface area contributed by atoms with Gasteiger partial charge in [-0.2, -0.15) is 4.42 Å². The van der Waals surface area contributed by atoms with Crippen molar-refractivity contribution in [3.63, 3.8) is 0 Å². The Morgan fingerprint density at radius 3 is 1.91 bits per heavy atom. The molecule has 4 heteroatoms. The van der Waals surface area contributed by atoms with E-state index in [0.29, 0.717) is 0 Å². The molecular weight excluding hydrogens is 164 g/mol. The first kappa shape index (κ1) is 8.81. The number of carbonyl (C=O) groups is 1. The van der Waals surface area contributed by atoms with Gasteiger partial charge in [0, 0.05) is 0 Å². The number of rotatable bonds is 0. The summed E-state index contributed by atoms with van der Waals surface area (Å²) >= 11 is 5.94. The molecule has 0 aromatic rings. The summed E-state index contributed by atoms with van der Waals surface area (Å²) in [5, 5.41) is 2.79. The molecule has 1 rings (SSSR count). The van der Waals surface area contributed by atoms with E-state index in [2.05, 4.69) is 5.32 Å².